The lowest BCUT2D eigenvalue weighted by molar-refractivity contribution is 0.159. The van der Waals surface area contributed by atoms with E-state index < -0.39 is 5.54 Å². The summed E-state index contributed by atoms with van der Waals surface area (Å²) >= 11 is 0. The zero-order valence-electron chi connectivity index (χ0n) is 11.8. The van der Waals surface area contributed by atoms with Crippen molar-refractivity contribution in [3.05, 3.63) is 29.3 Å². The minimum atomic E-state index is -0.510. The number of carbonyl (C=O) groups excluding carboxylic acids is 1. The number of amides is 2. The minimum absolute atomic E-state index is 0.0297. The molecule has 1 fully saturated rings. The second-order valence-corrected chi connectivity index (χ2v) is 5.73. The summed E-state index contributed by atoms with van der Waals surface area (Å²) in [5.74, 6) is 0.392. The van der Waals surface area contributed by atoms with Crippen molar-refractivity contribution < 1.29 is 9.90 Å². The molecule has 1 aliphatic carbocycles. The Bertz CT molecular complexity index is 483. The van der Waals surface area contributed by atoms with Crippen LogP contribution in [0.3, 0.4) is 0 Å². The molecule has 1 aromatic rings. The molecule has 1 aromatic carbocycles. The first-order valence-electron chi connectivity index (χ1n) is 6.72. The molecule has 1 aliphatic rings. The SMILES string of the molecule is Cc1ccc(NC(=O)NC(C)(CO)C2CC2)cc1C. The highest BCUT2D eigenvalue weighted by atomic mass is 16.3. The maximum absolute atomic E-state index is 12.0. The summed E-state index contributed by atoms with van der Waals surface area (Å²) < 4.78 is 0. The fourth-order valence-corrected chi connectivity index (χ4v) is 2.23. The Balaban J connectivity index is 1.98. The number of nitrogens with one attached hydrogen (secondary N) is 2. The number of urea groups is 1. The molecule has 104 valence electrons. The third-order valence-corrected chi connectivity index (χ3v) is 3.97. The number of anilines is 1. The first kappa shape index (κ1) is 13.9. The molecule has 2 rings (SSSR count). The first-order valence-corrected chi connectivity index (χ1v) is 6.72. The number of aliphatic hydroxyl groups is 1. The summed E-state index contributed by atoms with van der Waals surface area (Å²) in [4.78, 5) is 12.0. The Morgan fingerprint density at radius 1 is 1.37 bits per heavy atom. The van der Waals surface area contributed by atoms with Crippen LogP contribution in [0.5, 0.6) is 0 Å². The highest BCUT2D eigenvalue weighted by molar-refractivity contribution is 5.90. The molecule has 0 aliphatic heterocycles. The van der Waals surface area contributed by atoms with Gasteiger partial charge in [-0.2, -0.15) is 0 Å². The Kier molecular flexibility index (Phi) is 3.80. The van der Waals surface area contributed by atoms with Crippen LogP contribution in [-0.4, -0.2) is 23.3 Å². The molecule has 0 heterocycles. The maximum Gasteiger partial charge on any atom is 0.319 e. The molecule has 19 heavy (non-hydrogen) atoms. The maximum atomic E-state index is 12.0. The zero-order valence-corrected chi connectivity index (χ0v) is 11.8. The summed E-state index contributed by atoms with van der Waals surface area (Å²) in [6.07, 6.45) is 2.14. The van der Waals surface area contributed by atoms with Crippen molar-refractivity contribution in [2.45, 2.75) is 39.2 Å². The lowest BCUT2D eigenvalue weighted by Gasteiger charge is -2.28. The van der Waals surface area contributed by atoms with Crippen molar-refractivity contribution in [2.24, 2.45) is 5.92 Å². The summed E-state index contributed by atoms with van der Waals surface area (Å²) in [6.45, 7) is 5.91. The Morgan fingerprint density at radius 2 is 2.05 bits per heavy atom. The van der Waals surface area contributed by atoms with Crippen molar-refractivity contribution in [2.75, 3.05) is 11.9 Å². The van der Waals surface area contributed by atoms with Crippen molar-refractivity contribution in [1.29, 1.82) is 0 Å². The second-order valence-electron chi connectivity index (χ2n) is 5.73. The van der Waals surface area contributed by atoms with E-state index in [1.165, 1.54) is 5.56 Å². The smallest absolute Gasteiger partial charge is 0.319 e. The van der Waals surface area contributed by atoms with E-state index in [1.54, 1.807) is 0 Å². The fourth-order valence-electron chi connectivity index (χ4n) is 2.23. The van der Waals surface area contributed by atoms with Gasteiger partial charge in [0, 0.05) is 5.69 Å². The van der Waals surface area contributed by atoms with Gasteiger partial charge in [-0.25, -0.2) is 4.79 Å². The lowest BCUT2D eigenvalue weighted by Crippen LogP contribution is -2.52. The van der Waals surface area contributed by atoms with Gasteiger partial charge in [0.05, 0.1) is 12.1 Å². The van der Waals surface area contributed by atoms with Gasteiger partial charge in [0.25, 0.3) is 0 Å². The molecule has 4 nitrogen and oxygen atoms in total. The van der Waals surface area contributed by atoms with Crippen LogP contribution in [0.15, 0.2) is 18.2 Å². The van der Waals surface area contributed by atoms with Crippen molar-refractivity contribution in [1.82, 2.24) is 5.32 Å². The minimum Gasteiger partial charge on any atom is -0.394 e. The van der Waals surface area contributed by atoms with E-state index in [0.717, 1.165) is 24.1 Å². The average molecular weight is 262 g/mol. The molecule has 1 saturated carbocycles. The monoisotopic (exact) mass is 262 g/mol. The van der Waals surface area contributed by atoms with Gasteiger partial charge in [-0.1, -0.05) is 6.07 Å². The third kappa shape index (κ3) is 3.26. The molecule has 4 heteroatoms. The molecule has 1 atom stereocenters. The van der Waals surface area contributed by atoms with E-state index >= 15 is 0 Å². The highest BCUT2D eigenvalue weighted by Gasteiger charge is 2.42. The number of aliphatic hydroxyl groups excluding tert-OH is 1. The predicted octanol–water partition coefficient (Wildman–Crippen LogP) is 2.59. The molecule has 0 radical (unpaired) electrons. The van der Waals surface area contributed by atoms with Gasteiger partial charge in [-0.3, -0.25) is 0 Å². The van der Waals surface area contributed by atoms with Crippen LogP contribution in [0.4, 0.5) is 10.5 Å². The molecule has 1 unspecified atom stereocenters. The summed E-state index contributed by atoms with van der Waals surface area (Å²) in [5.41, 5.74) is 2.61. The lowest BCUT2D eigenvalue weighted by atomic mass is 9.97. The Morgan fingerprint density at radius 3 is 2.58 bits per heavy atom. The third-order valence-electron chi connectivity index (χ3n) is 3.97. The van der Waals surface area contributed by atoms with E-state index in [1.807, 2.05) is 39.0 Å². The quantitative estimate of drug-likeness (QED) is 0.781. The van der Waals surface area contributed by atoms with Crippen LogP contribution >= 0.6 is 0 Å². The van der Waals surface area contributed by atoms with Gasteiger partial charge < -0.3 is 15.7 Å². The molecule has 0 saturated heterocycles. The summed E-state index contributed by atoms with van der Waals surface area (Å²) in [5, 5.41) is 15.2. The average Bonchev–Trinajstić information content (AvgIpc) is 3.18. The van der Waals surface area contributed by atoms with Gasteiger partial charge in [0.2, 0.25) is 0 Å². The van der Waals surface area contributed by atoms with E-state index in [0.29, 0.717) is 5.92 Å². The molecule has 3 N–H and O–H groups in total. The number of carbonyl (C=O) groups is 1. The highest BCUT2D eigenvalue weighted by Crippen LogP contribution is 2.39. The van der Waals surface area contributed by atoms with E-state index in [9.17, 15) is 9.90 Å². The van der Waals surface area contributed by atoms with E-state index in [4.69, 9.17) is 0 Å². The van der Waals surface area contributed by atoms with Gasteiger partial charge in [-0.05, 0) is 62.8 Å². The van der Waals surface area contributed by atoms with Crippen LogP contribution in [-0.2, 0) is 0 Å². The van der Waals surface area contributed by atoms with Crippen LogP contribution in [0, 0.1) is 19.8 Å². The van der Waals surface area contributed by atoms with Crippen LogP contribution in [0.25, 0.3) is 0 Å². The molecular formula is C15H22N2O2. The number of hydrogen-bond donors (Lipinski definition) is 3. The van der Waals surface area contributed by atoms with E-state index in [-0.39, 0.29) is 12.6 Å². The number of hydrogen-bond acceptors (Lipinski definition) is 2. The van der Waals surface area contributed by atoms with Crippen LogP contribution in [0.2, 0.25) is 0 Å². The number of rotatable bonds is 4. The summed E-state index contributed by atoms with van der Waals surface area (Å²) in [7, 11) is 0. The van der Waals surface area contributed by atoms with Gasteiger partial charge >= 0.3 is 6.03 Å². The normalized spacial score (nSPS) is 17.7. The molecule has 2 amide bonds. The predicted molar refractivity (Wildman–Crippen MR) is 76.3 cm³/mol. The largest absolute Gasteiger partial charge is 0.394 e. The van der Waals surface area contributed by atoms with Crippen molar-refractivity contribution >= 4 is 11.7 Å². The molecule has 0 aromatic heterocycles. The second kappa shape index (κ2) is 5.21. The standard InChI is InChI=1S/C15H22N2O2/c1-10-4-7-13(8-11(10)2)16-14(19)17-15(3,9-18)12-5-6-12/h4,7-8,12,18H,5-6,9H2,1-3H3,(H2,16,17,19). The molecule has 0 bridgehead atoms. The van der Waals surface area contributed by atoms with Gasteiger partial charge in [0.1, 0.15) is 0 Å². The zero-order chi connectivity index (χ0) is 14.0. The van der Waals surface area contributed by atoms with Gasteiger partial charge in [-0.15, -0.1) is 0 Å². The Hall–Kier alpha value is -1.55. The topological polar surface area (TPSA) is 61.4 Å². The van der Waals surface area contributed by atoms with E-state index in [2.05, 4.69) is 10.6 Å². The van der Waals surface area contributed by atoms with Crippen molar-refractivity contribution in [3.63, 3.8) is 0 Å². The summed E-state index contributed by atoms with van der Waals surface area (Å²) in [6, 6.07) is 5.56. The Labute approximate surface area is 114 Å². The fraction of sp³-hybridized carbons (Fsp3) is 0.533. The van der Waals surface area contributed by atoms with Crippen molar-refractivity contribution in [3.8, 4) is 0 Å². The number of benzene rings is 1. The molecular weight excluding hydrogens is 240 g/mol. The van der Waals surface area contributed by atoms with Gasteiger partial charge in [0.15, 0.2) is 0 Å². The molecule has 0 spiro atoms. The first-order chi connectivity index (χ1) is 8.94. The number of aryl methyl sites for hydroxylation is 2. The van der Waals surface area contributed by atoms with Crippen LogP contribution < -0.4 is 10.6 Å². The van der Waals surface area contributed by atoms with Crippen LogP contribution in [0.1, 0.15) is 30.9 Å².